The van der Waals surface area contributed by atoms with Crippen molar-refractivity contribution < 1.29 is 42.1 Å². The van der Waals surface area contributed by atoms with Gasteiger partial charge in [-0.3, -0.25) is 9.59 Å². The fourth-order valence-corrected chi connectivity index (χ4v) is 6.16. The maximum absolute atomic E-state index is 15.8. The van der Waals surface area contributed by atoms with Crippen LogP contribution in [-0.2, 0) is 25.0 Å². The molecule has 1 aromatic heterocycles. The summed E-state index contributed by atoms with van der Waals surface area (Å²) in [7, 11) is 1.47. The molecule has 2 bridgehead atoms. The number of ether oxygens (including phenoxy) is 4. The van der Waals surface area contributed by atoms with E-state index in [1.54, 1.807) is 46.8 Å². The highest BCUT2D eigenvalue weighted by Crippen LogP contribution is 2.49. The molecule has 1 aromatic carbocycles. The van der Waals surface area contributed by atoms with Crippen molar-refractivity contribution in [3.63, 3.8) is 0 Å². The van der Waals surface area contributed by atoms with E-state index in [0.717, 1.165) is 0 Å². The van der Waals surface area contributed by atoms with Crippen LogP contribution < -0.4 is 14.8 Å². The third-order valence-corrected chi connectivity index (χ3v) is 8.90. The van der Waals surface area contributed by atoms with E-state index >= 15 is 8.78 Å². The molecule has 1 N–H and O–H groups in total. The highest BCUT2D eigenvalue weighted by molar-refractivity contribution is 5.92. The zero-order chi connectivity index (χ0) is 32.2. The maximum Gasteiger partial charge on any atom is 0.408 e. The van der Waals surface area contributed by atoms with Gasteiger partial charge in [0.2, 0.25) is 11.8 Å². The molecule has 3 aliphatic rings. The van der Waals surface area contributed by atoms with Crippen LogP contribution in [0.15, 0.2) is 18.2 Å². The quantitative estimate of drug-likeness (QED) is 0.525. The fourth-order valence-electron chi connectivity index (χ4n) is 6.16. The van der Waals surface area contributed by atoms with Crippen LogP contribution in [0.4, 0.5) is 13.6 Å². The number of methoxy groups -OCH3 is 1. The Labute approximate surface area is 255 Å². The molecule has 2 aromatic rings. The van der Waals surface area contributed by atoms with Gasteiger partial charge in [0.25, 0.3) is 0 Å². The Morgan fingerprint density at radius 1 is 1.18 bits per heavy atom. The summed E-state index contributed by atoms with van der Waals surface area (Å²) in [4.78, 5) is 50.1. The summed E-state index contributed by atoms with van der Waals surface area (Å²) in [6.07, 6.45) is -0.730. The van der Waals surface area contributed by atoms with Gasteiger partial charge in [-0.1, -0.05) is 27.7 Å². The molecule has 240 valence electrons. The van der Waals surface area contributed by atoms with Crippen LogP contribution in [-0.4, -0.2) is 83.3 Å². The van der Waals surface area contributed by atoms with Gasteiger partial charge < -0.3 is 29.2 Å². The largest absolute Gasteiger partial charge is 0.497 e. The smallest absolute Gasteiger partial charge is 0.408 e. The molecular formula is C31H40F2N4O7. The second kappa shape index (κ2) is 11.4. The van der Waals surface area contributed by atoms with Crippen LogP contribution in [0.2, 0.25) is 0 Å². The number of nitrogens with one attached hydrogen (secondary N) is 1. The molecule has 1 saturated heterocycles. The van der Waals surface area contributed by atoms with Gasteiger partial charge in [-0.2, -0.15) is 8.78 Å². The first-order chi connectivity index (χ1) is 20.5. The fraction of sp³-hybridized carbons (Fsp3) is 0.645. The Balaban J connectivity index is 1.58. The monoisotopic (exact) mass is 618 g/mol. The number of hydrogen-bond acceptors (Lipinski definition) is 9. The summed E-state index contributed by atoms with van der Waals surface area (Å²) in [5.74, 6) is -5.05. The maximum atomic E-state index is 15.8. The Morgan fingerprint density at radius 3 is 2.57 bits per heavy atom. The number of carbonyl (C=O) groups is 3. The SMILES string of the molecule is COc1ccc2nc3c(nc2c1)O[C@H]1CN(C(=O)[C@H](C(C)(C)C)NC(=O)O[C@]2(C)C[C@H]2CCOCC3(F)F)[C@H](C(C)=O)[C@@H]1C. The molecule has 3 heterocycles. The Hall–Kier alpha value is -3.61. The van der Waals surface area contributed by atoms with Crippen molar-refractivity contribution >= 4 is 28.8 Å². The van der Waals surface area contributed by atoms with E-state index < -0.39 is 71.2 Å². The zero-order valence-corrected chi connectivity index (χ0v) is 26.1. The Bertz CT molecular complexity index is 1460. The van der Waals surface area contributed by atoms with Crippen LogP contribution in [0.1, 0.15) is 60.1 Å². The number of ketones is 1. The first-order valence-electron chi connectivity index (χ1n) is 14.8. The lowest BCUT2D eigenvalue weighted by Gasteiger charge is -2.35. The third kappa shape index (κ3) is 6.15. The minimum absolute atomic E-state index is 0.00718. The van der Waals surface area contributed by atoms with Crippen molar-refractivity contribution in [2.24, 2.45) is 17.3 Å². The number of carbonyl (C=O) groups excluding carboxylic acids is 3. The first-order valence-corrected chi connectivity index (χ1v) is 14.8. The number of nitrogens with zero attached hydrogens (tertiary/aromatic N) is 3. The number of aromatic nitrogens is 2. The highest BCUT2D eigenvalue weighted by atomic mass is 19.3. The van der Waals surface area contributed by atoms with E-state index in [1.165, 1.54) is 25.0 Å². The summed E-state index contributed by atoms with van der Waals surface area (Å²) in [6, 6.07) is 2.72. The molecule has 2 aliphatic heterocycles. The highest BCUT2D eigenvalue weighted by Gasteiger charge is 2.55. The predicted molar refractivity (Wildman–Crippen MR) is 155 cm³/mol. The number of amides is 2. The van der Waals surface area contributed by atoms with Crippen molar-refractivity contribution in [3.8, 4) is 11.6 Å². The summed E-state index contributed by atoms with van der Waals surface area (Å²) >= 11 is 0. The van der Waals surface area contributed by atoms with Crippen molar-refractivity contribution in [2.45, 2.75) is 84.1 Å². The second-order valence-electron chi connectivity index (χ2n) is 13.4. The summed E-state index contributed by atoms with van der Waals surface area (Å²) < 4.78 is 54.2. The first kappa shape index (κ1) is 31.8. The third-order valence-electron chi connectivity index (χ3n) is 8.90. The Morgan fingerprint density at radius 2 is 1.91 bits per heavy atom. The predicted octanol–water partition coefficient (Wildman–Crippen LogP) is 4.25. The van der Waals surface area contributed by atoms with E-state index in [4.69, 9.17) is 18.9 Å². The van der Waals surface area contributed by atoms with Gasteiger partial charge in [-0.15, -0.1) is 0 Å². The molecular weight excluding hydrogens is 578 g/mol. The van der Waals surface area contributed by atoms with Gasteiger partial charge >= 0.3 is 12.0 Å². The number of Topliss-reactive ketones (excluding diaryl/α,β-unsaturated/α-hetero) is 1. The minimum atomic E-state index is -3.58. The van der Waals surface area contributed by atoms with Gasteiger partial charge in [-0.25, -0.2) is 14.8 Å². The average Bonchev–Trinajstić information content (AvgIpc) is 3.45. The standard InChI is InChI=1S/C31H40F2N4O7/c1-16-22-14-37(23(16)17(2)38)27(39)25(29(3,4)5)36-28(40)44-30(6)13-18(30)10-11-42-15-31(32,33)24-26(43-22)35-21-12-19(41-7)8-9-20(21)34-24/h8-9,12,16,18,22-23,25H,10-11,13-15H2,1-7H3,(H,36,40)/t16-,18-,22+,23+,25-,30-/m1/s1. The van der Waals surface area contributed by atoms with Crippen LogP contribution in [0.3, 0.4) is 0 Å². The zero-order valence-electron chi connectivity index (χ0n) is 26.1. The van der Waals surface area contributed by atoms with Crippen molar-refractivity contribution in [2.75, 3.05) is 26.9 Å². The topological polar surface area (TPSA) is 129 Å². The Kier molecular flexibility index (Phi) is 8.23. The van der Waals surface area contributed by atoms with E-state index in [1.807, 2.05) is 0 Å². The molecule has 0 radical (unpaired) electrons. The van der Waals surface area contributed by atoms with E-state index in [0.29, 0.717) is 18.6 Å². The summed E-state index contributed by atoms with van der Waals surface area (Å²) in [5, 5.41) is 2.74. The van der Waals surface area contributed by atoms with Crippen LogP contribution in [0.5, 0.6) is 11.6 Å². The van der Waals surface area contributed by atoms with Gasteiger partial charge in [-0.05, 0) is 44.2 Å². The minimum Gasteiger partial charge on any atom is -0.497 e. The molecule has 0 unspecified atom stereocenters. The van der Waals surface area contributed by atoms with Gasteiger partial charge in [0.05, 0.1) is 30.7 Å². The molecule has 11 nitrogen and oxygen atoms in total. The van der Waals surface area contributed by atoms with Crippen molar-refractivity contribution in [1.29, 1.82) is 0 Å². The summed E-state index contributed by atoms with van der Waals surface area (Å²) in [6.45, 7) is 9.16. The molecule has 5 rings (SSSR count). The van der Waals surface area contributed by atoms with Crippen LogP contribution in [0, 0.1) is 17.3 Å². The normalized spacial score (nSPS) is 31.0. The molecule has 1 saturated carbocycles. The van der Waals surface area contributed by atoms with E-state index in [-0.39, 0.29) is 35.9 Å². The molecule has 2 fully saturated rings. The molecule has 6 atom stereocenters. The number of hydrogen-bond donors (Lipinski definition) is 1. The van der Waals surface area contributed by atoms with Gasteiger partial charge in [0.15, 0.2) is 11.5 Å². The van der Waals surface area contributed by atoms with Crippen LogP contribution in [0.25, 0.3) is 11.0 Å². The lowest BCUT2D eigenvalue weighted by Crippen LogP contribution is -2.57. The molecule has 13 heteroatoms. The molecule has 44 heavy (non-hydrogen) atoms. The molecule has 0 spiro atoms. The second-order valence-corrected chi connectivity index (χ2v) is 13.4. The van der Waals surface area contributed by atoms with Crippen molar-refractivity contribution in [1.82, 2.24) is 20.2 Å². The number of rotatable bonds is 2. The molecule has 2 amide bonds. The lowest BCUT2D eigenvalue weighted by atomic mass is 9.85. The summed E-state index contributed by atoms with van der Waals surface area (Å²) in [5.41, 5.74) is -1.79. The number of benzene rings is 1. The average molecular weight is 619 g/mol. The number of alkyl carbamates (subject to hydrolysis) is 1. The molecule has 1 aliphatic carbocycles. The number of fused-ring (bicyclic) bond motifs is 5. The lowest BCUT2D eigenvalue weighted by molar-refractivity contribution is -0.141. The van der Waals surface area contributed by atoms with Crippen molar-refractivity contribution in [3.05, 3.63) is 23.9 Å². The van der Waals surface area contributed by atoms with Gasteiger partial charge in [0, 0.05) is 24.5 Å². The number of halogens is 2. The van der Waals surface area contributed by atoms with E-state index in [2.05, 4.69) is 15.3 Å². The van der Waals surface area contributed by atoms with Gasteiger partial charge in [0.1, 0.15) is 30.1 Å². The number of alkyl halides is 2. The van der Waals surface area contributed by atoms with Crippen LogP contribution >= 0.6 is 0 Å². The van der Waals surface area contributed by atoms with E-state index in [9.17, 15) is 14.4 Å².